The molecule has 2 aliphatic rings. The van der Waals surface area contributed by atoms with Crippen LogP contribution in [-0.2, 0) is 4.79 Å². The Morgan fingerprint density at radius 1 is 1.13 bits per heavy atom. The molecule has 2 fully saturated rings. The third-order valence-corrected chi connectivity index (χ3v) is 6.66. The molecule has 0 unspecified atom stereocenters. The van der Waals surface area contributed by atoms with Gasteiger partial charge in [-0.1, -0.05) is 30.3 Å². The number of hydrogen-bond acceptors (Lipinski definition) is 4. The van der Waals surface area contributed by atoms with Gasteiger partial charge in [-0.3, -0.25) is 9.69 Å². The van der Waals surface area contributed by atoms with Crippen molar-refractivity contribution in [1.29, 1.82) is 0 Å². The highest BCUT2D eigenvalue weighted by Gasteiger charge is 2.49. The summed E-state index contributed by atoms with van der Waals surface area (Å²) < 4.78 is 5.86. The van der Waals surface area contributed by atoms with E-state index in [9.17, 15) is 9.59 Å². The molecule has 1 saturated carbocycles. The molecule has 1 spiro atoms. The second kappa shape index (κ2) is 9.10. The highest BCUT2D eigenvalue weighted by Crippen LogP contribution is 2.55. The van der Waals surface area contributed by atoms with Crippen molar-refractivity contribution in [2.75, 3.05) is 19.7 Å². The first-order chi connectivity index (χ1) is 15.0. The molecule has 1 heterocycles. The number of ether oxygens (including phenoxy) is 1. The fourth-order valence-electron chi connectivity index (χ4n) is 4.44. The monoisotopic (exact) mass is 422 g/mol. The Labute approximate surface area is 183 Å². The maximum Gasteiger partial charge on any atom is 0.335 e. The van der Waals surface area contributed by atoms with Gasteiger partial charge in [0.25, 0.3) is 0 Å². The third-order valence-electron chi connectivity index (χ3n) is 6.66. The highest BCUT2D eigenvalue weighted by atomic mass is 16.5. The third kappa shape index (κ3) is 5.25. The van der Waals surface area contributed by atoms with E-state index in [0.717, 1.165) is 30.7 Å². The zero-order valence-electron chi connectivity index (χ0n) is 17.9. The van der Waals surface area contributed by atoms with Crippen LogP contribution in [0, 0.1) is 5.41 Å². The van der Waals surface area contributed by atoms with Gasteiger partial charge in [0.05, 0.1) is 17.6 Å². The standard InChI is InChI=1S/C25H30N2O4/c1-18(19-7-9-20(10-8-19)24(29)30)26-23(28)22-17-25(11-12-25)13-14-27(22)15-16-31-21-5-3-2-4-6-21/h2-10,18,22H,11-17H2,1H3,(H,26,28)(H,29,30)/t18-,22+/m0/s1. The number of para-hydroxylation sites is 1. The molecular weight excluding hydrogens is 392 g/mol. The lowest BCUT2D eigenvalue weighted by atomic mass is 9.87. The van der Waals surface area contributed by atoms with Crippen molar-refractivity contribution in [3.05, 3.63) is 65.7 Å². The van der Waals surface area contributed by atoms with Gasteiger partial charge in [0, 0.05) is 6.54 Å². The van der Waals surface area contributed by atoms with Crippen LogP contribution >= 0.6 is 0 Å². The van der Waals surface area contributed by atoms with E-state index in [-0.39, 0.29) is 23.6 Å². The maximum absolute atomic E-state index is 13.2. The molecule has 164 valence electrons. The number of nitrogens with one attached hydrogen (secondary N) is 1. The second-order valence-corrected chi connectivity index (χ2v) is 8.82. The fraction of sp³-hybridized carbons (Fsp3) is 0.440. The van der Waals surface area contributed by atoms with E-state index in [1.807, 2.05) is 37.3 Å². The molecule has 2 atom stereocenters. The lowest BCUT2D eigenvalue weighted by molar-refractivity contribution is -0.129. The summed E-state index contributed by atoms with van der Waals surface area (Å²) in [6, 6.07) is 16.1. The summed E-state index contributed by atoms with van der Waals surface area (Å²) in [7, 11) is 0. The van der Waals surface area contributed by atoms with Gasteiger partial charge in [-0.2, -0.15) is 0 Å². The molecule has 1 aliphatic carbocycles. The predicted molar refractivity (Wildman–Crippen MR) is 118 cm³/mol. The first kappa shape index (κ1) is 21.4. The summed E-state index contributed by atoms with van der Waals surface area (Å²) in [6.45, 7) is 4.11. The number of rotatable bonds is 8. The smallest absolute Gasteiger partial charge is 0.335 e. The topological polar surface area (TPSA) is 78.9 Å². The van der Waals surface area contributed by atoms with Gasteiger partial charge in [-0.05, 0) is 74.4 Å². The first-order valence-electron chi connectivity index (χ1n) is 11.0. The molecule has 4 rings (SSSR count). The van der Waals surface area contributed by atoms with E-state index in [2.05, 4.69) is 10.2 Å². The van der Waals surface area contributed by atoms with Crippen molar-refractivity contribution < 1.29 is 19.4 Å². The summed E-state index contributed by atoms with van der Waals surface area (Å²) in [6.07, 6.45) is 4.48. The van der Waals surface area contributed by atoms with Crippen LogP contribution in [0.15, 0.2) is 54.6 Å². The van der Waals surface area contributed by atoms with Crippen LogP contribution < -0.4 is 10.1 Å². The number of carbonyl (C=O) groups is 2. The maximum atomic E-state index is 13.2. The quantitative estimate of drug-likeness (QED) is 0.675. The predicted octanol–water partition coefficient (Wildman–Crippen LogP) is 3.89. The lowest BCUT2D eigenvalue weighted by Crippen LogP contribution is -2.53. The van der Waals surface area contributed by atoms with Crippen molar-refractivity contribution >= 4 is 11.9 Å². The van der Waals surface area contributed by atoms with Crippen LogP contribution in [0.2, 0.25) is 0 Å². The number of aromatic carboxylic acids is 1. The second-order valence-electron chi connectivity index (χ2n) is 8.82. The number of amides is 1. The Balaban J connectivity index is 1.37. The minimum atomic E-state index is -0.950. The first-order valence-corrected chi connectivity index (χ1v) is 11.0. The molecule has 2 aromatic carbocycles. The number of carbonyl (C=O) groups excluding carboxylic acids is 1. The highest BCUT2D eigenvalue weighted by molar-refractivity contribution is 5.87. The number of nitrogens with zero attached hydrogens (tertiary/aromatic N) is 1. The SMILES string of the molecule is C[C@H](NC(=O)[C@H]1CC2(CCN1CCOc1ccccc1)CC2)c1ccc(C(=O)O)cc1. The largest absolute Gasteiger partial charge is 0.492 e. The number of carboxylic acid groups (broad SMARTS) is 1. The van der Waals surface area contributed by atoms with Gasteiger partial charge < -0.3 is 15.2 Å². The van der Waals surface area contributed by atoms with Crippen LogP contribution in [-0.4, -0.2) is 47.6 Å². The van der Waals surface area contributed by atoms with Crippen LogP contribution in [0.1, 0.15) is 54.6 Å². The van der Waals surface area contributed by atoms with Crippen LogP contribution in [0.4, 0.5) is 0 Å². The van der Waals surface area contributed by atoms with Crippen molar-refractivity contribution in [2.45, 2.75) is 44.7 Å². The summed E-state index contributed by atoms with van der Waals surface area (Å²) in [5.41, 5.74) is 1.50. The molecule has 6 heteroatoms. The molecule has 1 amide bonds. The van der Waals surface area contributed by atoms with Gasteiger partial charge >= 0.3 is 5.97 Å². The molecule has 2 aromatic rings. The number of benzene rings is 2. The van der Waals surface area contributed by atoms with Gasteiger partial charge in [0.2, 0.25) is 5.91 Å². The van der Waals surface area contributed by atoms with Crippen molar-refractivity contribution in [2.24, 2.45) is 5.41 Å². The summed E-state index contributed by atoms with van der Waals surface area (Å²) >= 11 is 0. The molecular formula is C25H30N2O4. The van der Waals surface area contributed by atoms with Crippen LogP contribution in [0.25, 0.3) is 0 Å². The minimum Gasteiger partial charge on any atom is -0.492 e. The van der Waals surface area contributed by atoms with Crippen LogP contribution in [0.5, 0.6) is 5.75 Å². The zero-order chi connectivity index (χ0) is 21.8. The van der Waals surface area contributed by atoms with Crippen molar-refractivity contribution in [3.63, 3.8) is 0 Å². The molecule has 1 saturated heterocycles. The van der Waals surface area contributed by atoms with E-state index in [1.165, 1.54) is 12.8 Å². The minimum absolute atomic E-state index is 0.0421. The molecule has 0 radical (unpaired) electrons. The number of piperidine rings is 1. The normalized spacial score (nSPS) is 20.7. The van der Waals surface area contributed by atoms with Crippen molar-refractivity contribution in [3.8, 4) is 5.75 Å². The van der Waals surface area contributed by atoms with E-state index in [1.54, 1.807) is 24.3 Å². The Hall–Kier alpha value is -2.86. The molecule has 2 N–H and O–H groups in total. The number of hydrogen-bond donors (Lipinski definition) is 2. The molecule has 1 aliphatic heterocycles. The Bertz CT molecular complexity index is 909. The van der Waals surface area contributed by atoms with Crippen LogP contribution in [0.3, 0.4) is 0 Å². The Kier molecular flexibility index (Phi) is 6.28. The van der Waals surface area contributed by atoms with Gasteiger partial charge in [0.1, 0.15) is 12.4 Å². The molecule has 0 bridgehead atoms. The van der Waals surface area contributed by atoms with E-state index >= 15 is 0 Å². The number of carboxylic acids is 1. The lowest BCUT2D eigenvalue weighted by Gasteiger charge is -2.39. The molecule has 0 aromatic heterocycles. The fourth-order valence-corrected chi connectivity index (χ4v) is 4.44. The molecule has 6 nitrogen and oxygen atoms in total. The van der Waals surface area contributed by atoms with Gasteiger partial charge in [-0.25, -0.2) is 4.79 Å². The summed E-state index contributed by atoms with van der Waals surface area (Å²) in [4.78, 5) is 26.5. The number of likely N-dealkylation sites (tertiary alicyclic amines) is 1. The Morgan fingerprint density at radius 3 is 2.48 bits per heavy atom. The van der Waals surface area contributed by atoms with E-state index in [4.69, 9.17) is 9.84 Å². The van der Waals surface area contributed by atoms with Gasteiger partial charge in [0.15, 0.2) is 0 Å². The summed E-state index contributed by atoms with van der Waals surface area (Å²) in [5, 5.41) is 12.2. The zero-order valence-corrected chi connectivity index (χ0v) is 17.9. The van der Waals surface area contributed by atoms with E-state index < -0.39 is 5.97 Å². The van der Waals surface area contributed by atoms with E-state index in [0.29, 0.717) is 18.6 Å². The summed E-state index contributed by atoms with van der Waals surface area (Å²) in [5.74, 6) is -0.0633. The average Bonchev–Trinajstić information content (AvgIpc) is 3.54. The molecule has 31 heavy (non-hydrogen) atoms. The van der Waals surface area contributed by atoms with Crippen molar-refractivity contribution in [1.82, 2.24) is 10.2 Å². The average molecular weight is 423 g/mol. The van der Waals surface area contributed by atoms with Gasteiger partial charge in [-0.15, -0.1) is 0 Å². The Morgan fingerprint density at radius 2 is 1.84 bits per heavy atom.